The van der Waals surface area contributed by atoms with Gasteiger partial charge in [-0.2, -0.15) is 0 Å². The van der Waals surface area contributed by atoms with Gasteiger partial charge in [0.1, 0.15) is 12.6 Å². The molecule has 0 radical (unpaired) electrons. The lowest BCUT2D eigenvalue weighted by Gasteiger charge is -2.22. The molecule has 3 N–H and O–H groups in total. The molecule has 0 aliphatic rings. The lowest BCUT2D eigenvalue weighted by atomic mass is 9.99. The van der Waals surface area contributed by atoms with E-state index in [9.17, 15) is 14.7 Å². The van der Waals surface area contributed by atoms with Crippen LogP contribution in [-0.4, -0.2) is 33.9 Å². The molecule has 6 heteroatoms. The molecular formula is C14H19NO5. The van der Waals surface area contributed by atoms with E-state index in [0.717, 1.165) is 5.56 Å². The predicted octanol–water partition coefficient (Wildman–Crippen LogP) is 1.53. The summed E-state index contributed by atoms with van der Waals surface area (Å²) in [6.45, 7) is 3.00. The number of benzene rings is 1. The summed E-state index contributed by atoms with van der Waals surface area (Å²) in [4.78, 5) is 22.5. The number of carboxylic acids is 1. The summed E-state index contributed by atoms with van der Waals surface area (Å²) in [5, 5.41) is 20.8. The van der Waals surface area contributed by atoms with Crippen LogP contribution in [0, 0.1) is 0 Å². The van der Waals surface area contributed by atoms with Crippen molar-refractivity contribution in [1.29, 1.82) is 0 Å². The van der Waals surface area contributed by atoms with Crippen molar-refractivity contribution in [3.63, 3.8) is 0 Å². The molecule has 0 saturated carbocycles. The Hall–Kier alpha value is -2.08. The largest absolute Gasteiger partial charge is 0.480 e. The highest BCUT2D eigenvalue weighted by molar-refractivity contribution is 5.79. The number of hydrogen-bond acceptors (Lipinski definition) is 4. The summed E-state index contributed by atoms with van der Waals surface area (Å²) >= 11 is 0. The number of amides is 1. The number of aliphatic hydroxyl groups is 1. The van der Waals surface area contributed by atoms with E-state index in [1.165, 1.54) is 13.8 Å². The van der Waals surface area contributed by atoms with Crippen LogP contribution in [0.15, 0.2) is 30.3 Å². The van der Waals surface area contributed by atoms with Gasteiger partial charge in [0.15, 0.2) is 0 Å². The molecule has 1 aromatic carbocycles. The standard InChI is InChI=1S/C14H19NO5/c1-14(2,19)8-11(12(16)17)15-13(18)20-9-10-6-4-3-5-7-10/h3-7,11,19H,8-9H2,1-2H3,(H,15,18)(H,16,17). The minimum absolute atomic E-state index is 0.0571. The Balaban J connectivity index is 2.48. The predicted molar refractivity (Wildman–Crippen MR) is 72.1 cm³/mol. The molecule has 1 aromatic rings. The average molecular weight is 281 g/mol. The fourth-order valence-electron chi connectivity index (χ4n) is 1.61. The number of hydrogen-bond donors (Lipinski definition) is 3. The van der Waals surface area contributed by atoms with E-state index in [2.05, 4.69) is 5.32 Å². The SMILES string of the molecule is CC(C)(O)CC(NC(=O)OCc1ccccc1)C(=O)O. The number of carboxylic acid groups (broad SMARTS) is 1. The fourth-order valence-corrected chi connectivity index (χ4v) is 1.61. The Morgan fingerprint density at radius 1 is 1.30 bits per heavy atom. The first-order chi connectivity index (χ1) is 9.28. The van der Waals surface area contributed by atoms with Crippen molar-refractivity contribution >= 4 is 12.1 Å². The van der Waals surface area contributed by atoms with Crippen LogP contribution in [0.1, 0.15) is 25.8 Å². The third-order valence-corrected chi connectivity index (χ3v) is 2.51. The Morgan fingerprint density at radius 2 is 1.90 bits per heavy atom. The molecular weight excluding hydrogens is 262 g/mol. The second-order valence-corrected chi connectivity index (χ2v) is 5.11. The molecule has 0 saturated heterocycles. The highest BCUT2D eigenvalue weighted by Gasteiger charge is 2.27. The minimum Gasteiger partial charge on any atom is -0.480 e. The summed E-state index contributed by atoms with van der Waals surface area (Å²) < 4.78 is 4.93. The van der Waals surface area contributed by atoms with Crippen LogP contribution < -0.4 is 5.32 Å². The van der Waals surface area contributed by atoms with Crippen LogP contribution in [0.5, 0.6) is 0 Å². The molecule has 20 heavy (non-hydrogen) atoms. The Kier molecular flexibility index (Phi) is 5.52. The highest BCUT2D eigenvalue weighted by Crippen LogP contribution is 2.11. The zero-order valence-corrected chi connectivity index (χ0v) is 11.5. The smallest absolute Gasteiger partial charge is 0.408 e. The topological polar surface area (TPSA) is 95.9 Å². The van der Waals surface area contributed by atoms with Crippen molar-refractivity contribution in [3.05, 3.63) is 35.9 Å². The quantitative estimate of drug-likeness (QED) is 0.735. The molecule has 1 atom stereocenters. The van der Waals surface area contributed by atoms with Crippen molar-refractivity contribution in [2.45, 2.75) is 38.5 Å². The average Bonchev–Trinajstić information content (AvgIpc) is 2.35. The van der Waals surface area contributed by atoms with Gasteiger partial charge in [-0.3, -0.25) is 0 Å². The van der Waals surface area contributed by atoms with Gasteiger partial charge in [-0.15, -0.1) is 0 Å². The van der Waals surface area contributed by atoms with Gasteiger partial charge >= 0.3 is 12.1 Å². The lowest BCUT2D eigenvalue weighted by Crippen LogP contribution is -2.45. The van der Waals surface area contributed by atoms with Crippen LogP contribution in [0.25, 0.3) is 0 Å². The first-order valence-corrected chi connectivity index (χ1v) is 6.20. The molecule has 110 valence electrons. The zero-order chi connectivity index (χ0) is 15.2. The second kappa shape index (κ2) is 6.91. The first-order valence-electron chi connectivity index (χ1n) is 6.20. The Labute approximate surface area is 117 Å². The van der Waals surface area contributed by atoms with Gasteiger partial charge in [-0.05, 0) is 19.4 Å². The number of rotatable bonds is 6. The first kappa shape index (κ1) is 16.0. The second-order valence-electron chi connectivity index (χ2n) is 5.11. The lowest BCUT2D eigenvalue weighted by molar-refractivity contribution is -0.141. The summed E-state index contributed by atoms with van der Waals surface area (Å²) in [6.07, 6.45) is -0.937. The van der Waals surface area contributed by atoms with Crippen molar-refractivity contribution in [3.8, 4) is 0 Å². The molecule has 0 aliphatic heterocycles. The maximum Gasteiger partial charge on any atom is 0.408 e. The molecule has 0 aliphatic carbocycles. The Bertz CT molecular complexity index is 452. The maximum atomic E-state index is 11.5. The van der Waals surface area contributed by atoms with Crippen LogP contribution in [0.4, 0.5) is 4.79 Å². The van der Waals surface area contributed by atoms with Crippen molar-refractivity contribution in [1.82, 2.24) is 5.32 Å². The molecule has 0 heterocycles. The fraction of sp³-hybridized carbons (Fsp3) is 0.429. The molecule has 0 aromatic heterocycles. The van der Waals surface area contributed by atoms with Gasteiger partial charge in [0, 0.05) is 6.42 Å². The maximum absolute atomic E-state index is 11.5. The molecule has 0 fully saturated rings. The number of carbonyl (C=O) groups is 2. The molecule has 0 spiro atoms. The van der Waals surface area contributed by atoms with E-state index < -0.39 is 23.7 Å². The Morgan fingerprint density at radius 3 is 2.40 bits per heavy atom. The summed E-state index contributed by atoms with van der Waals surface area (Å²) in [7, 11) is 0. The monoisotopic (exact) mass is 281 g/mol. The number of ether oxygens (including phenoxy) is 1. The molecule has 1 amide bonds. The molecule has 0 bridgehead atoms. The van der Waals surface area contributed by atoms with Crippen LogP contribution in [0.3, 0.4) is 0 Å². The molecule has 1 rings (SSSR count). The normalized spacial score (nSPS) is 12.6. The van der Waals surface area contributed by atoms with Crippen molar-refractivity contribution < 1.29 is 24.5 Å². The molecule has 6 nitrogen and oxygen atoms in total. The summed E-state index contributed by atoms with van der Waals surface area (Å²) in [5.41, 5.74) is -0.396. The summed E-state index contributed by atoms with van der Waals surface area (Å²) in [6, 6.07) is 7.85. The third-order valence-electron chi connectivity index (χ3n) is 2.51. The van der Waals surface area contributed by atoms with Crippen molar-refractivity contribution in [2.24, 2.45) is 0 Å². The number of nitrogens with one attached hydrogen (secondary N) is 1. The van der Waals surface area contributed by atoms with Crippen LogP contribution >= 0.6 is 0 Å². The van der Waals surface area contributed by atoms with E-state index in [0.29, 0.717) is 0 Å². The third kappa shape index (κ3) is 6.19. The minimum atomic E-state index is -1.22. The van der Waals surface area contributed by atoms with E-state index in [1.807, 2.05) is 18.2 Å². The highest BCUT2D eigenvalue weighted by atomic mass is 16.5. The van der Waals surface area contributed by atoms with Gasteiger partial charge in [0.25, 0.3) is 0 Å². The van der Waals surface area contributed by atoms with Gasteiger partial charge < -0.3 is 20.3 Å². The van der Waals surface area contributed by atoms with Gasteiger partial charge in [0.2, 0.25) is 0 Å². The number of alkyl carbamates (subject to hydrolysis) is 1. The van der Waals surface area contributed by atoms with Crippen LogP contribution in [0.2, 0.25) is 0 Å². The van der Waals surface area contributed by atoms with E-state index in [4.69, 9.17) is 9.84 Å². The zero-order valence-electron chi connectivity index (χ0n) is 11.5. The van der Waals surface area contributed by atoms with E-state index in [-0.39, 0.29) is 13.0 Å². The number of aliphatic carboxylic acids is 1. The summed E-state index contributed by atoms with van der Waals surface area (Å²) in [5.74, 6) is -1.22. The van der Waals surface area contributed by atoms with Crippen molar-refractivity contribution in [2.75, 3.05) is 0 Å². The van der Waals surface area contributed by atoms with Gasteiger partial charge in [0.05, 0.1) is 5.60 Å². The molecule has 1 unspecified atom stereocenters. The van der Waals surface area contributed by atoms with Gasteiger partial charge in [-0.25, -0.2) is 9.59 Å². The number of carbonyl (C=O) groups excluding carboxylic acids is 1. The van der Waals surface area contributed by atoms with E-state index in [1.54, 1.807) is 12.1 Å². The van der Waals surface area contributed by atoms with Crippen LogP contribution in [-0.2, 0) is 16.1 Å². The van der Waals surface area contributed by atoms with Gasteiger partial charge in [-0.1, -0.05) is 30.3 Å². The van der Waals surface area contributed by atoms with E-state index >= 15 is 0 Å².